The van der Waals surface area contributed by atoms with Crippen molar-refractivity contribution in [2.45, 2.75) is 26.2 Å². The van der Waals surface area contributed by atoms with Crippen molar-refractivity contribution in [1.82, 2.24) is 9.97 Å². The predicted molar refractivity (Wildman–Crippen MR) is 78.3 cm³/mol. The van der Waals surface area contributed by atoms with Crippen LogP contribution in [0.3, 0.4) is 0 Å². The molecule has 1 aromatic carbocycles. The summed E-state index contributed by atoms with van der Waals surface area (Å²) in [6.45, 7) is 5.79. The third kappa shape index (κ3) is 2.75. The topological polar surface area (TPSA) is 66.0 Å². The summed E-state index contributed by atoms with van der Waals surface area (Å²) in [6.07, 6.45) is 0. The number of aromatic hydroxyl groups is 1. The van der Waals surface area contributed by atoms with E-state index in [-0.39, 0.29) is 16.8 Å². The van der Waals surface area contributed by atoms with Gasteiger partial charge in [0.25, 0.3) is 5.56 Å². The molecule has 0 bridgehead atoms. The van der Waals surface area contributed by atoms with Crippen LogP contribution in [0.1, 0.15) is 26.5 Å². The first kappa shape index (κ1) is 14.7. The molecule has 2 aromatic rings. The highest BCUT2D eigenvalue weighted by Gasteiger charge is 2.22. The number of aromatic nitrogens is 2. The SMILES string of the molecule is CC(C)(C)c1nc(-c2ccc(O)c(F)c2)[nH]c(=O)c1Br. The van der Waals surface area contributed by atoms with E-state index in [1.54, 1.807) is 0 Å². The lowest BCUT2D eigenvalue weighted by Crippen LogP contribution is -2.22. The average molecular weight is 341 g/mol. The van der Waals surface area contributed by atoms with E-state index >= 15 is 0 Å². The molecule has 0 aliphatic heterocycles. The van der Waals surface area contributed by atoms with Gasteiger partial charge in [-0.1, -0.05) is 20.8 Å². The van der Waals surface area contributed by atoms with E-state index in [1.807, 2.05) is 20.8 Å². The number of nitrogens with one attached hydrogen (secondary N) is 1. The average Bonchev–Trinajstić information content (AvgIpc) is 2.34. The van der Waals surface area contributed by atoms with Gasteiger partial charge >= 0.3 is 0 Å². The highest BCUT2D eigenvalue weighted by molar-refractivity contribution is 9.10. The maximum atomic E-state index is 13.4. The van der Waals surface area contributed by atoms with E-state index in [0.717, 1.165) is 6.07 Å². The van der Waals surface area contributed by atoms with Crippen LogP contribution in [0.5, 0.6) is 5.75 Å². The Hall–Kier alpha value is -1.69. The van der Waals surface area contributed by atoms with Crippen molar-refractivity contribution in [3.8, 4) is 17.1 Å². The van der Waals surface area contributed by atoms with Gasteiger partial charge in [0.15, 0.2) is 11.6 Å². The maximum Gasteiger partial charge on any atom is 0.265 e. The van der Waals surface area contributed by atoms with E-state index in [9.17, 15) is 14.3 Å². The van der Waals surface area contributed by atoms with Gasteiger partial charge in [0.1, 0.15) is 10.3 Å². The minimum atomic E-state index is -0.759. The highest BCUT2D eigenvalue weighted by Crippen LogP contribution is 2.28. The summed E-state index contributed by atoms with van der Waals surface area (Å²) in [6, 6.07) is 3.86. The zero-order valence-electron chi connectivity index (χ0n) is 11.3. The van der Waals surface area contributed by atoms with Crippen molar-refractivity contribution in [1.29, 1.82) is 0 Å². The Bertz CT molecular complexity index is 720. The number of nitrogens with zero attached hydrogens (tertiary/aromatic N) is 1. The number of hydrogen-bond donors (Lipinski definition) is 2. The molecule has 106 valence electrons. The molecule has 20 heavy (non-hydrogen) atoms. The Morgan fingerprint density at radius 2 is 2.00 bits per heavy atom. The van der Waals surface area contributed by atoms with Crippen molar-refractivity contribution in [3.63, 3.8) is 0 Å². The van der Waals surface area contributed by atoms with Crippen LogP contribution in [0.15, 0.2) is 27.5 Å². The standard InChI is InChI=1S/C14H14BrFN2O2/c1-14(2,3)11-10(15)13(20)18-12(17-11)7-4-5-9(19)8(16)6-7/h4-6,19H,1-3H3,(H,17,18,20). The molecule has 0 saturated heterocycles. The lowest BCUT2D eigenvalue weighted by atomic mass is 9.92. The van der Waals surface area contributed by atoms with Crippen LogP contribution in [0.2, 0.25) is 0 Å². The molecule has 0 spiro atoms. The third-order valence-corrected chi connectivity index (χ3v) is 3.53. The first-order chi connectivity index (χ1) is 9.20. The van der Waals surface area contributed by atoms with Crippen molar-refractivity contribution in [2.75, 3.05) is 0 Å². The number of H-pyrrole nitrogens is 1. The minimum Gasteiger partial charge on any atom is -0.505 e. The fraction of sp³-hybridized carbons (Fsp3) is 0.286. The molecule has 0 fully saturated rings. The summed E-state index contributed by atoms with van der Waals surface area (Å²) in [7, 11) is 0. The molecule has 0 atom stereocenters. The number of phenols is 1. The van der Waals surface area contributed by atoms with Crippen LogP contribution in [-0.4, -0.2) is 15.1 Å². The van der Waals surface area contributed by atoms with E-state index in [4.69, 9.17) is 0 Å². The Kier molecular flexibility index (Phi) is 3.69. The molecule has 0 aliphatic rings. The van der Waals surface area contributed by atoms with Crippen molar-refractivity contribution >= 4 is 15.9 Å². The van der Waals surface area contributed by atoms with Gasteiger partial charge in [0.2, 0.25) is 0 Å². The Labute approximate surface area is 123 Å². The van der Waals surface area contributed by atoms with Gasteiger partial charge in [-0.25, -0.2) is 9.37 Å². The monoisotopic (exact) mass is 340 g/mol. The molecule has 1 heterocycles. The zero-order valence-corrected chi connectivity index (χ0v) is 12.9. The zero-order chi connectivity index (χ0) is 15.1. The largest absolute Gasteiger partial charge is 0.505 e. The molecule has 0 saturated carbocycles. The van der Waals surface area contributed by atoms with Gasteiger partial charge in [0, 0.05) is 11.0 Å². The lowest BCUT2D eigenvalue weighted by Gasteiger charge is -2.19. The van der Waals surface area contributed by atoms with Gasteiger partial charge in [-0.3, -0.25) is 4.79 Å². The van der Waals surface area contributed by atoms with Crippen LogP contribution in [0.25, 0.3) is 11.4 Å². The summed E-state index contributed by atoms with van der Waals surface area (Å²) >= 11 is 3.23. The molecule has 0 unspecified atom stereocenters. The fourth-order valence-electron chi connectivity index (χ4n) is 1.75. The molecular weight excluding hydrogens is 327 g/mol. The molecule has 0 amide bonds. The maximum absolute atomic E-state index is 13.4. The molecular formula is C14H14BrFN2O2. The Morgan fingerprint density at radius 1 is 1.35 bits per heavy atom. The first-order valence-corrected chi connectivity index (χ1v) is 6.78. The van der Waals surface area contributed by atoms with Gasteiger partial charge in [0.05, 0.1) is 5.69 Å². The summed E-state index contributed by atoms with van der Waals surface area (Å²) in [5.41, 5.74) is 0.325. The minimum absolute atomic E-state index is 0.266. The van der Waals surface area contributed by atoms with E-state index in [0.29, 0.717) is 15.7 Å². The number of benzene rings is 1. The second kappa shape index (κ2) is 5.01. The molecule has 2 rings (SSSR count). The predicted octanol–water partition coefficient (Wildman–Crippen LogP) is 3.34. The number of aromatic amines is 1. The normalized spacial score (nSPS) is 11.7. The van der Waals surface area contributed by atoms with Crippen LogP contribution in [-0.2, 0) is 5.41 Å². The Balaban J connectivity index is 2.67. The van der Waals surface area contributed by atoms with Crippen molar-refractivity contribution < 1.29 is 9.50 Å². The highest BCUT2D eigenvalue weighted by atomic mass is 79.9. The van der Waals surface area contributed by atoms with Crippen molar-refractivity contribution in [3.05, 3.63) is 44.5 Å². The van der Waals surface area contributed by atoms with Crippen LogP contribution >= 0.6 is 15.9 Å². The molecule has 0 aliphatic carbocycles. The summed E-state index contributed by atoms with van der Waals surface area (Å²) in [4.78, 5) is 18.9. The van der Waals surface area contributed by atoms with E-state index < -0.39 is 11.6 Å². The number of rotatable bonds is 1. The smallest absolute Gasteiger partial charge is 0.265 e. The molecule has 0 radical (unpaired) electrons. The van der Waals surface area contributed by atoms with Crippen LogP contribution < -0.4 is 5.56 Å². The van der Waals surface area contributed by atoms with E-state index in [1.165, 1.54) is 12.1 Å². The molecule has 6 heteroatoms. The molecule has 2 N–H and O–H groups in total. The second-order valence-electron chi connectivity index (χ2n) is 5.49. The quantitative estimate of drug-likeness (QED) is 0.836. The van der Waals surface area contributed by atoms with Gasteiger partial charge in [-0.15, -0.1) is 0 Å². The fourth-order valence-corrected chi connectivity index (χ4v) is 2.53. The number of hydrogen-bond acceptors (Lipinski definition) is 3. The second-order valence-corrected chi connectivity index (χ2v) is 6.29. The van der Waals surface area contributed by atoms with Gasteiger partial charge in [-0.05, 0) is 34.1 Å². The first-order valence-electron chi connectivity index (χ1n) is 5.99. The number of halogens is 2. The molecule has 1 aromatic heterocycles. The molecule has 4 nitrogen and oxygen atoms in total. The lowest BCUT2D eigenvalue weighted by molar-refractivity contribution is 0.432. The van der Waals surface area contributed by atoms with Crippen LogP contribution in [0.4, 0.5) is 4.39 Å². The third-order valence-electron chi connectivity index (χ3n) is 2.79. The summed E-state index contributed by atoms with van der Waals surface area (Å²) < 4.78 is 13.8. The number of phenolic OH excluding ortho intramolecular Hbond substituents is 1. The van der Waals surface area contributed by atoms with Crippen molar-refractivity contribution in [2.24, 2.45) is 0 Å². The van der Waals surface area contributed by atoms with Gasteiger partial charge < -0.3 is 10.1 Å². The van der Waals surface area contributed by atoms with Crippen LogP contribution in [0, 0.1) is 5.82 Å². The summed E-state index contributed by atoms with van der Waals surface area (Å²) in [5.74, 6) is -0.934. The van der Waals surface area contributed by atoms with Gasteiger partial charge in [-0.2, -0.15) is 0 Å². The van der Waals surface area contributed by atoms with E-state index in [2.05, 4.69) is 25.9 Å². The Morgan fingerprint density at radius 3 is 2.55 bits per heavy atom. The summed E-state index contributed by atoms with van der Waals surface area (Å²) in [5, 5.41) is 9.20.